The summed E-state index contributed by atoms with van der Waals surface area (Å²) >= 11 is 6.99. The number of thioether (sulfide) groups is 1. The zero-order valence-electron chi connectivity index (χ0n) is 17.1. The lowest BCUT2D eigenvalue weighted by molar-refractivity contribution is 0.259. The van der Waals surface area contributed by atoms with Gasteiger partial charge >= 0.3 is 0 Å². The van der Waals surface area contributed by atoms with Crippen molar-refractivity contribution in [2.75, 3.05) is 22.9 Å². The molecule has 0 aliphatic rings. The van der Waals surface area contributed by atoms with Gasteiger partial charge in [0.1, 0.15) is 5.82 Å². The summed E-state index contributed by atoms with van der Waals surface area (Å²) in [6, 6.07) is 4.39. The Morgan fingerprint density at radius 3 is 2.47 bits per heavy atom. The third-order valence-corrected chi connectivity index (χ3v) is 5.75. The lowest BCUT2D eigenvalue weighted by Crippen LogP contribution is -2.27. The Labute approximate surface area is 185 Å². The van der Waals surface area contributed by atoms with Gasteiger partial charge in [-0.05, 0) is 25.3 Å². The minimum absolute atomic E-state index is 0.0110. The molecule has 0 saturated carbocycles. The van der Waals surface area contributed by atoms with Gasteiger partial charge in [0, 0.05) is 10.8 Å². The predicted octanol–water partition coefficient (Wildman–Crippen LogP) is 3.71. The second-order valence-corrected chi connectivity index (χ2v) is 10.7. The topological polar surface area (TPSA) is 117 Å². The highest BCUT2D eigenvalue weighted by atomic mass is 35.5. The van der Waals surface area contributed by atoms with E-state index in [1.165, 1.54) is 6.07 Å². The van der Waals surface area contributed by atoms with Crippen LogP contribution in [0, 0.1) is 11.7 Å². The number of nitrogens with zero attached hydrogens (tertiary/aromatic N) is 3. The van der Waals surface area contributed by atoms with Crippen LogP contribution in [0.4, 0.5) is 16.3 Å². The van der Waals surface area contributed by atoms with E-state index in [2.05, 4.69) is 25.0 Å². The number of aromatic nitrogens is 3. The molecule has 0 aliphatic carbocycles. The summed E-state index contributed by atoms with van der Waals surface area (Å²) in [6.07, 6.45) is 1.64. The summed E-state index contributed by atoms with van der Waals surface area (Å²) < 4.78 is 39.8. The van der Waals surface area contributed by atoms with E-state index < -0.39 is 21.1 Å². The fraction of sp³-hybridized carbons (Fsp3) is 0.500. The molecule has 8 nitrogen and oxygen atoms in total. The molecule has 2 aromatic rings. The van der Waals surface area contributed by atoms with E-state index in [0.29, 0.717) is 17.9 Å². The van der Waals surface area contributed by atoms with Crippen LogP contribution in [0.3, 0.4) is 0 Å². The summed E-state index contributed by atoms with van der Waals surface area (Å²) in [5, 5.41) is 12.4. The van der Waals surface area contributed by atoms with E-state index in [1.54, 1.807) is 19.1 Å². The van der Waals surface area contributed by atoms with Crippen molar-refractivity contribution >= 4 is 45.3 Å². The zero-order chi connectivity index (χ0) is 22.5. The first kappa shape index (κ1) is 24.6. The van der Waals surface area contributed by atoms with Crippen LogP contribution < -0.4 is 10.0 Å². The van der Waals surface area contributed by atoms with Crippen LogP contribution in [0.15, 0.2) is 23.4 Å². The summed E-state index contributed by atoms with van der Waals surface area (Å²) in [5.74, 6) is -0.280. The zero-order valence-corrected chi connectivity index (χ0v) is 19.4. The van der Waals surface area contributed by atoms with Crippen LogP contribution in [-0.4, -0.2) is 47.4 Å². The Bertz CT molecular complexity index is 978. The average molecular weight is 478 g/mol. The smallest absolute Gasteiger partial charge is 0.242 e. The number of rotatable bonds is 10. The molecule has 2 atom stereocenters. The molecule has 0 saturated heterocycles. The average Bonchev–Trinajstić information content (AvgIpc) is 2.61. The first-order valence-electron chi connectivity index (χ1n) is 9.20. The predicted molar refractivity (Wildman–Crippen MR) is 118 cm³/mol. The van der Waals surface area contributed by atoms with Gasteiger partial charge in [0.05, 0.1) is 23.9 Å². The highest BCUT2D eigenvalue weighted by molar-refractivity contribution is 7.99. The first-order valence-corrected chi connectivity index (χ1v) is 12.3. The van der Waals surface area contributed by atoms with Gasteiger partial charge in [-0.1, -0.05) is 49.3 Å². The fourth-order valence-electron chi connectivity index (χ4n) is 2.67. The van der Waals surface area contributed by atoms with Gasteiger partial charge in [-0.25, -0.2) is 12.8 Å². The number of aliphatic hydroxyl groups excluding tert-OH is 1. The maximum absolute atomic E-state index is 14.3. The summed E-state index contributed by atoms with van der Waals surface area (Å²) in [7, 11) is -3.62. The molecule has 30 heavy (non-hydrogen) atoms. The number of hydrogen-bond acceptors (Lipinski definition) is 8. The molecule has 0 radical (unpaired) electrons. The van der Waals surface area contributed by atoms with Crippen molar-refractivity contribution in [3.8, 4) is 0 Å². The summed E-state index contributed by atoms with van der Waals surface area (Å²) in [4.78, 5) is 12.5. The van der Waals surface area contributed by atoms with Crippen LogP contribution in [0.2, 0.25) is 5.02 Å². The van der Waals surface area contributed by atoms with Crippen molar-refractivity contribution in [2.24, 2.45) is 5.92 Å². The third kappa shape index (κ3) is 7.53. The Morgan fingerprint density at radius 2 is 1.87 bits per heavy atom. The molecule has 0 fully saturated rings. The number of halogens is 2. The molecule has 12 heteroatoms. The Kier molecular flexibility index (Phi) is 8.65. The van der Waals surface area contributed by atoms with E-state index in [-0.39, 0.29) is 34.7 Å². The molecule has 1 heterocycles. The summed E-state index contributed by atoms with van der Waals surface area (Å²) in [5.41, 5.74) is 0.369. The highest BCUT2D eigenvalue weighted by Crippen LogP contribution is 2.36. The largest absolute Gasteiger partial charge is 0.394 e. The normalized spacial score (nSPS) is 13.9. The van der Waals surface area contributed by atoms with Crippen LogP contribution in [0.1, 0.15) is 38.0 Å². The molecule has 0 amide bonds. The van der Waals surface area contributed by atoms with Crippen molar-refractivity contribution in [1.29, 1.82) is 0 Å². The molecule has 2 rings (SSSR count). The van der Waals surface area contributed by atoms with E-state index in [0.717, 1.165) is 18.0 Å². The monoisotopic (exact) mass is 477 g/mol. The Hall–Kier alpha value is -1.69. The number of benzene rings is 1. The molecular formula is C18H25ClFN5O3S2. The standard InChI is InChI=1S/C18H25ClFN5O3S2/c1-10(2)8-12(9-26)21-16-22-17(25-30(4,27)28)24-18(23-16)29-11(3)13-6-5-7-14(19)15(13)20/h5-7,10-12,26H,8-9H2,1-4H3,(H2,21,22,23,24,25)/t11-,12-/m1/s1. The number of hydrogen-bond donors (Lipinski definition) is 3. The summed E-state index contributed by atoms with van der Waals surface area (Å²) in [6.45, 7) is 5.63. The molecule has 1 aromatic heterocycles. The van der Waals surface area contributed by atoms with E-state index in [4.69, 9.17) is 11.6 Å². The molecular weight excluding hydrogens is 453 g/mol. The fourth-order valence-corrected chi connectivity index (χ4v) is 4.18. The minimum atomic E-state index is -3.62. The number of aliphatic hydroxyl groups is 1. The van der Waals surface area contributed by atoms with Crippen molar-refractivity contribution in [1.82, 2.24) is 15.0 Å². The maximum Gasteiger partial charge on any atom is 0.242 e. The lowest BCUT2D eigenvalue weighted by Gasteiger charge is -2.19. The SMILES string of the molecule is CC(C)C[C@H](CO)Nc1nc(NS(C)(=O)=O)nc(S[C@H](C)c2cccc(Cl)c2F)n1. The molecule has 0 spiro atoms. The highest BCUT2D eigenvalue weighted by Gasteiger charge is 2.19. The van der Waals surface area contributed by atoms with Crippen molar-refractivity contribution in [3.63, 3.8) is 0 Å². The van der Waals surface area contributed by atoms with E-state index in [1.807, 2.05) is 13.8 Å². The lowest BCUT2D eigenvalue weighted by atomic mass is 10.0. The van der Waals surface area contributed by atoms with Crippen molar-refractivity contribution < 1.29 is 17.9 Å². The van der Waals surface area contributed by atoms with Crippen LogP contribution in [-0.2, 0) is 10.0 Å². The third-order valence-electron chi connectivity index (χ3n) is 3.90. The van der Waals surface area contributed by atoms with Gasteiger partial charge in [-0.2, -0.15) is 15.0 Å². The molecule has 1 aromatic carbocycles. The quantitative estimate of drug-likeness (QED) is 0.443. The van der Waals surface area contributed by atoms with Crippen LogP contribution in [0.5, 0.6) is 0 Å². The second-order valence-electron chi connectivity index (χ2n) is 7.20. The number of anilines is 2. The van der Waals surface area contributed by atoms with Gasteiger partial charge in [-0.3, -0.25) is 4.72 Å². The second kappa shape index (κ2) is 10.6. The van der Waals surface area contributed by atoms with Gasteiger partial charge in [0.15, 0.2) is 5.16 Å². The minimum Gasteiger partial charge on any atom is -0.394 e. The van der Waals surface area contributed by atoms with Crippen LogP contribution >= 0.6 is 23.4 Å². The van der Waals surface area contributed by atoms with Gasteiger partial charge < -0.3 is 10.4 Å². The van der Waals surface area contributed by atoms with Crippen LogP contribution in [0.25, 0.3) is 0 Å². The van der Waals surface area contributed by atoms with Gasteiger partial charge in [-0.15, -0.1) is 0 Å². The van der Waals surface area contributed by atoms with Crippen molar-refractivity contribution in [2.45, 2.75) is 43.6 Å². The van der Waals surface area contributed by atoms with E-state index >= 15 is 0 Å². The first-order chi connectivity index (χ1) is 14.0. The molecule has 166 valence electrons. The van der Waals surface area contributed by atoms with Gasteiger partial charge in [0.2, 0.25) is 21.9 Å². The van der Waals surface area contributed by atoms with Crippen molar-refractivity contribution in [3.05, 3.63) is 34.6 Å². The maximum atomic E-state index is 14.3. The van der Waals surface area contributed by atoms with Gasteiger partial charge in [0.25, 0.3) is 0 Å². The van der Waals surface area contributed by atoms with E-state index in [9.17, 15) is 17.9 Å². The molecule has 0 bridgehead atoms. The molecule has 0 aliphatic heterocycles. The Balaban J connectivity index is 2.34. The Morgan fingerprint density at radius 1 is 1.20 bits per heavy atom. The number of nitrogens with one attached hydrogen (secondary N) is 2. The number of sulfonamides is 1. The molecule has 0 unspecified atom stereocenters. The molecule has 3 N–H and O–H groups in total.